The van der Waals surface area contributed by atoms with Gasteiger partial charge in [-0.3, -0.25) is 4.90 Å². The standard InChI is InChI=1S/C13H17NO/c1-13(2)14(3)12-10-7-5-4-6-9(10)8-11(12)15-13/h4-7,11-12H,8H2,1-3H3/t11-,12+/m1/s1. The Kier molecular flexibility index (Phi) is 1.77. The first-order valence-electron chi connectivity index (χ1n) is 5.58. The summed E-state index contributed by atoms with van der Waals surface area (Å²) >= 11 is 0. The Balaban J connectivity index is 2.05. The molecule has 0 spiro atoms. The van der Waals surface area contributed by atoms with Gasteiger partial charge in [0.25, 0.3) is 0 Å². The van der Waals surface area contributed by atoms with Crippen LogP contribution in [0.25, 0.3) is 0 Å². The minimum atomic E-state index is -0.122. The topological polar surface area (TPSA) is 12.5 Å². The molecule has 1 aromatic carbocycles. The van der Waals surface area contributed by atoms with Gasteiger partial charge in [0.1, 0.15) is 5.72 Å². The first-order chi connectivity index (χ1) is 7.09. The average Bonchev–Trinajstić information content (AvgIpc) is 2.62. The van der Waals surface area contributed by atoms with Crippen molar-refractivity contribution in [2.24, 2.45) is 0 Å². The maximum absolute atomic E-state index is 6.09. The van der Waals surface area contributed by atoms with E-state index < -0.39 is 0 Å². The largest absolute Gasteiger partial charge is 0.355 e. The van der Waals surface area contributed by atoms with Crippen LogP contribution in [0.4, 0.5) is 0 Å². The van der Waals surface area contributed by atoms with Gasteiger partial charge in [0.2, 0.25) is 0 Å². The molecule has 1 aromatic rings. The normalized spacial score (nSPS) is 32.7. The summed E-state index contributed by atoms with van der Waals surface area (Å²) in [5.41, 5.74) is 2.79. The summed E-state index contributed by atoms with van der Waals surface area (Å²) in [6.45, 7) is 4.29. The van der Waals surface area contributed by atoms with Crippen LogP contribution in [-0.4, -0.2) is 23.8 Å². The van der Waals surface area contributed by atoms with Gasteiger partial charge in [-0.2, -0.15) is 0 Å². The Hall–Kier alpha value is -0.860. The van der Waals surface area contributed by atoms with Crippen molar-refractivity contribution < 1.29 is 4.74 Å². The van der Waals surface area contributed by atoms with Crippen molar-refractivity contribution in [1.29, 1.82) is 0 Å². The van der Waals surface area contributed by atoms with E-state index in [1.54, 1.807) is 0 Å². The van der Waals surface area contributed by atoms with Gasteiger partial charge < -0.3 is 4.74 Å². The molecule has 0 amide bonds. The minimum Gasteiger partial charge on any atom is -0.355 e. The molecular formula is C13H17NO. The number of hydrogen-bond acceptors (Lipinski definition) is 2. The second kappa shape index (κ2) is 2.83. The number of rotatable bonds is 0. The second-order valence-electron chi connectivity index (χ2n) is 5.06. The fourth-order valence-corrected chi connectivity index (χ4v) is 2.89. The molecule has 0 N–H and O–H groups in total. The van der Waals surface area contributed by atoms with Crippen LogP contribution in [0.5, 0.6) is 0 Å². The van der Waals surface area contributed by atoms with Crippen molar-refractivity contribution in [3.63, 3.8) is 0 Å². The maximum atomic E-state index is 6.09. The van der Waals surface area contributed by atoms with Crippen molar-refractivity contribution >= 4 is 0 Å². The number of nitrogens with zero attached hydrogens (tertiary/aromatic N) is 1. The van der Waals surface area contributed by atoms with E-state index in [0.717, 1.165) is 6.42 Å². The van der Waals surface area contributed by atoms with Crippen LogP contribution >= 0.6 is 0 Å². The Morgan fingerprint density at radius 3 is 2.87 bits per heavy atom. The Morgan fingerprint density at radius 1 is 1.33 bits per heavy atom. The molecule has 1 heterocycles. The highest BCUT2D eigenvalue weighted by atomic mass is 16.5. The van der Waals surface area contributed by atoms with Gasteiger partial charge in [0.15, 0.2) is 0 Å². The average molecular weight is 203 g/mol. The first kappa shape index (κ1) is 9.37. The molecular weight excluding hydrogens is 186 g/mol. The predicted octanol–water partition coefficient (Wildman–Crippen LogP) is 2.35. The van der Waals surface area contributed by atoms with Crippen LogP contribution in [0.15, 0.2) is 24.3 Å². The van der Waals surface area contributed by atoms with Crippen molar-refractivity contribution in [3.05, 3.63) is 35.4 Å². The van der Waals surface area contributed by atoms with Crippen LogP contribution in [0.3, 0.4) is 0 Å². The lowest BCUT2D eigenvalue weighted by Gasteiger charge is -2.29. The molecule has 0 unspecified atom stereocenters. The fourth-order valence-electron chi connectivity index (χ4n) is 2.89. The number of likely N-dealkylation sites (N-methyl/N-ethyl adjacent to an activating group) is 1. The zero-order valence-corrected chi connectivity index (χ0v) is 9.53. The minimum absolute atomic E-state index is 0.122. The third kappa shape index (κ3) is 1.18. The van der Waals surface area contributed by atoms with Gasteiger partial charge in [-0.15, -0.1) is 0 Å². The molecule has 0 radical (unpaired) electrons. The Bertz CT molecular complexity index is 399. The molecule has 0 bridgehead atoms. The van der Waals surface area contributed by atoms with E-state index in [-0.39, 0.29) is 5.72 Å². The van der Waals surface area contributed by atoms with Crippen molar-refractivity contribution in [1.82, 2.24) is 4.90 Å². The molecule has 2 aliphatic rings. The van der Waals surface area contributed by atoms with E-state index in [0.29, 0.717) is 12.1 Å². The van der Waals surface area contributed by atoms with Crippen LogP contribution in [-0.2, 0) is 11.2 Å². The molecule has 15 heavy (non-hydrogen) atoms. The van der Waals surface area contributed by atoms with Gasteiger partial charge in [-0.25, -0.2) is 0 Å². The van der Waals surface area contributed by atoms with Gasteiger partial charge in [0.05, 0.1) is 12.1 Å². The van der Waals surface area contributed by atoms with E-state index in [1.165, 1.54) is 11.1 Å². The van der Waals surface area contributed by atoms with Crippen LogP contribution < -0.4 is 0 Å². The molecule has 1 aliphatic carbocycles. The lowest BCUT2D eigenvalue weighted by Crippen LogP contribution is -2.37. The third-order valence-electron chi connectivity index (χ3n) is 3.85. The van der Waals surface area contributed by atoms with Crippen molar-refractivity contribution in [2.75, 3.05) is 7.05 Å². The van der Waals surface area contributed by atoms with E-state index >= 15 is 0 Å². The molecule has 80 valence electrons. The molecule has 1 aliphatic heterocycles. The summed E-state index contributed by atoms with van der Waals surface area (Å²) in [4.78, 5) is 2.35. The van der Waals surface area contributed by atoms with E-state index in [9.17, 15) is 0 Å². The highest BCUT2D eigenvalue weighted by Gasteiger charge is 2.49. The molecule has 2 heteroatoms. The molecule has 0 aromatic heterocycles. The summed E-state index contributed by atoms with van der Waals surface area (Å²) in [5.74, 6) is 0. The van der Waals surface area contributed by atoms with E-state index in [1.807, 2.05) is 0 Å². The lowest BCUT2D eigenvalue weighted by atomic mass is 10.1. The summed E-state index contributed by atoms with van der Waals surface area (Å²) in [6.07, 6.45) is 1.41. The monoisotopic (exact) mass is 203 g/mol. The molecule has 0 saturated carbocycles. The maximum Gasteiger partial charge on any atom is 0.116 e. The van der Waals surface area contributed by atoms with Crippen molar-refractivity contribution in [3.8, 4) is 0 Å². The van der Waals surface area contributed by atoms with E-state index in [2.05, 4.69) is 50.1 Å². The first-order valence-corrected chi connectivity index (χ1v) is 5.58. The SMILES string of the molecule is CN1[C@H]2c3ccccc3C[C@H]2OC1(C)C. The van der Waals surface area contributed by atoms with Crippen LogP contribution in [0.2, 0.25) is 0 Å². The van der Waals surface area contributed by atoms with Crippen molar-refractivity contribution in [2.45, 2.75) is 38.1 Å². The van der Waals surface area contributed by atoms with Crippen LogP contribution in [0.1, 0.15) is 31.0 Å². The Labute approximate surface area is 90.8 Å². The van der Waals surface area contributed by atoms with Gasteiger partial charge in [-0.05, 0) is 32.0 Å². The molecule has 2 nitrogen and oxygen atoms in total. The van der Waals surface area contributed by atoms with E-state index in [4.69, 9.17) is 4.74 Å². The predicted molar refractivity (Wildman–Crippen MR) is 59.6 cm³/mol. The zero-order chi connectivity index (χ0) is 10.6. The second-order valence-corrected chi connectivity index (χ2v) is 5.06. The summed E-state index contributed by atoms with van der Waals surface area (Å²) in [5, 5.41) is 0. The summed E-state index contributed by atoms with van der Waals surface area (Å²) < 4.78 is 6.09. The molecule has 3 rings (SSSR count). The smallest absolute Gasteiger partial charge is 0.116 e. The summed E-state index contributed by atoms with van der Waals surface area (Å²) in [6, 6.07) is 9.15. The van der Waals surface area contributed by atoms with Gasteiger partial charge in [0, 0.05) is 6.42 Å². The van der Waals surface area contributed by atoms with Gasteiger partial charge in [-0.1, -0.05) is 24.3 Å². The molecule has 1 fully saturated rings. The summed E-state index contributed by atoms with van der Waals surface area (Å²) in [7, 11) is 2.16. The Morgan fingerprint density at radius 2 is 2.07 bits per heavy atom. The van der Waals surface area contributed by atoms with Crippen LogP contribution in [0, 0.1) is 0 Å². The molecule has 2 atom stereocenters. The highest BCUT2D eigenvalue weighted by Crippen LogP contribution is 2.46. The highest BCUT2D eigenvalue weighted by molar-refractivity contribution is 5.37. The fraction of sp³-hybridized carbons (Fsp3) is 0.538. The number of benzene rings is 1. The number of fused-ring (bicyclic) bond motifs is 3. The zero-order valence-electron chi connectivity index (χ0n) is 9.53. The lowest BCUT2D eigenvalue weighted by molar-refractivity contribution is -0.0674. The quantitative estimate of drug-likeness (QED) is 0.641. The number of hydrogen-bond donors (Lipinski definition) is 0. The third-order valence-corrected chi connectivity index (χ3v) is 3.85. The van der Waals surface area contributed by atoms with Gasteiger partial charge >= 0.3 is 0 Å². The molecule has 1 saturated heterocycles. The number of ether oxygens (including phenoxy) is 1.